The summed E-state index contributed by atoms with van der Waals surface area (Å²) in [6.07, 6.45) is 0. The van der Waals surface area contributed by atoms with E-state index in [1.165, 1.54) is 7.11 Å². The van der Waals surface area contributed by atoms with Crippen LogP contribution in [-0.4, -0.2) is 12.2 Å². The molecule has 3 nitrogen and oxygen atoms in total. The van der Waals surface area contributed by atoms with Crippen molar-refractivity contribution in [3.8, 4) is 11.5 Å². The summed E-state index contributed by atoms with van der Waals surface area (Å²) in [5, 5.41) is 14.0. The summed E-state index contributed by atoms with van der Waals surface area (Å²) in [6.45, 7) is 0.501. The number of phenolic OH excluding ortho intramolecular Hbond substituents is 1. The standard InChI is InChI=1S/C14H13Cl2NO2/c1-19-13-6-5-9(7-12(13)18)8-17-14-10(15)3-2-4-11(14)16/h2-7,17-18H,8H2,1H3. The molecule has 2 aromatic carbocycles. The van der Waals surface area contributed by atoms with Gasteiger partial charge in [-0.15, -0.1) is 0 Å². The van der Waals surface area contributed by atoms with Crippen molar-refractivity contribution in [2.45, 2.75) is 6.54 Å². The zero-order valence-electron chi connectivity index (χ0n) is 10.3. The molecule has 100 valence electrons. The van der Waals surface area contributed by atoms with Crippen LogP contribution in [0.2, 0.25) is 10.0 Å². The van der Waals surface area contributed by atoms with Crippen molar-refractivity contribution in [3.05, 3.63) is 52.0 Å². The molecule has 0 bridgehead atoms. The average Bonchev–Trinajstić information content (AvgIpc) is 2.38. The highest BCUT2D eigenvalue weighted by molar-refractivity contribution is 6.39. The lowest BCUT2D eigenvalue weighted by Crippen LogP contribution is -2.00. The van der Waals surface area contributed by atoms with E-state index in [0.717, 1.165) is 5.56 Å². The van der Waals surface area contributed by atoms with Crippen LogP contribution < -0.4 is 10.1 Å². The van der Waals surface area contributed by atoms with E-state index in [1.54, 1.807) is 30.3 Å². The van der Waals surface area contributed by atoms with E-state index >= 15 is 0 Å². The van der Waals surface area contributed by atoms with Gasteiger partial charge in [0.15, 0.2) is 11.5 Å². The molecule has 0 saturated carbocycles. The number of nitrogens with one attached hydrogen (secondary N) is 1. The number of para-hydroxylation sites is 1. The Morgan fingerprint density at radius 2 is 1.84 bits per heavy atom. The van der Waals surface area contributed by atoms with Crippen LogP contribution in [-0.2, 0) is 6.54 Å². The van der Waals surface area contributed by atoms with Crippen LogP contribution in [0, 0.1) is 0 Å². The quantitative estimate of drug-likeness (QED) is 0.883. The van der Waals surface area contributed by atoms with Crippen LogP contribution in [0.1, 0.15) is 5.56 Å². The molecule has 0 heterocycles. The Hall–Kier alpha value is -1.58. The average molecular weight is 298 g/mol. The van der Waals surface area contributed by atoms with Gasteiger partial charge in [0.05, 0.1) is 22.8 Å². The lowest BCUT2D eigenvalue weighted by molar-refractivity contribution is 0.373. The summed E-state index contributed by atoms with van der Waals surface area (Å²) in [7, 11) is 1.51. The van der Waals surface area contributed by atoms with E-state index in [-0.39, 0.29) is 5.75 Å². The van der Waals surface area contributed by atoms with Crippen molar-refractivity contribution in [1.29, 1.82) is 0 Å². The van der Waals surface area contributed by atoms with Crippen LogP contribution in [0.3, 0.4) is 0 Å². The van der Waals surface area contributed by atoms with E-state index < -0.39 is 0 Å². The SMILES string of the molecule is COc1ccc(CNc2c(Cl)cccc2Cl)cc1O. The maximum Gasteiger partial charge on any atom is 0.160 e. The minimum Gasteiger partial charge on any atom is -0.504 e. The Morgan fingerprint density at radius 1 is 1.16 bits per heavy atom. The van der Waals surface area contributed by atoms with Crippen molar-refractivity contribution >= 4 is 28.9 Å². The molecule has 2 aromatic rings. The predicted octanol–water partition coefficient (Wildman–Crippen LogP) is 4.32. The number of phenols is 1. The van der Waals surface area contributed by atoms with Crippen molar-refractivity contribution in [2.24, 2.45) is 0 Å². The van der Waals surface area contributed by atoms with E-state index in [4.69, 9.17) is 27.9 Å². The molecule has 0 saturated heterocycles. The molecule has 5 heteroatoms. The lowest BCUT2D eigenvalue weighted by Gasteiger charge is -2.11. The molecule has 0 unspecified atom stereocenters. The third-order valence-electron chi connectivity index (χ3n) is 2.68. The summed E-state index contributed by atoms with van der Waals surface area (Å²) < 4.78 is 4.99. The highest BCUT2D eigenvalue weighted by atomic mass is 35.5. The van der Waals surface area contributed by atoms with E-state index in [9.17, 15) is 5.11 Å². The zero-order chi connectivity index (χ0) is 13.8. The topological polar surface area (TPSA) is 41.5 Å². The van der Waals surface area contributed by atoms with Crippen LogP contribution >= 0.6 is 23.2 Å². The number of hydrogen-bond acceptors (Lipinski definition) is 3. The fraction of sp³-hybridized carbons (Fsp3) is 0.143. The van der Waals surface area contributed by atoms with Gasteiger partial charge in [-0.3, -0.25) is 0 Å². The minimum absolute atomic E-state index is 0.104. The van der Waals surface area contributed by atoms with Gasteiger partial charge in [0.1, 0.15) is 0 Å². The molecular weight excluding hydrogens is 285 g/mol. The van der Waals surface area contributed by atoms with Gasteiger partial charge in [-0.2, -0.15) is 0 Å². The number of methoxy groups -OCH3 is 1. The number of anilines is 1. The monoisotopic (exact) mass is 297 g/mol. The summed E-state index contributed by atoms with van der Waals surface area (Å²) in [5.41, 5.74) is 1.58. The Labute approximate surface area is 121 Å². The van der Waals surface area contributed by atoms with Crippen LogP contribution in [0.15, 0.2) is 36.4 Å². The summed E-state index contributed by atoms with van der Waals surface area (Å²) >= 11 is 12.1. The molecule has 0 aliphatic heterocycles. The Kier molecular flexibility index (Phi) is 4.40. The Balaban J connectivity index is 2.13. The molecule has 0 atom stereocenters. The van der Waals surface area contributed by atoms with E-state index in [1.807, 2.05) is 6.07 Å². The molecule has 0 amide bonds. The highest BCUT2D eigenvalue weighted by Crippen LogP contribution is 2.31. The number of hydrogen-bond donors (Lipinski definition) is 2. The molecule has 19 heavy (non-hydrogen) atoms. The van der Waals surface area contributed by atoms with Gasteiger partial charge in [0.2, 0.25) is 0 Å². The van der Waals surface area contributed by atoms with Gasteiger partial charge < -0.3 is 15.2 Å². The molecule has 0 fully saturated rings. The first-order valence-corrected chi connectivity index (χ1v) is 6.41. The summed E-state index contributed by atoms with van der Waals surface area (Å²) in [5.74, 6) is 0.548. The van der Waals surface area contributed by atoms with Gasteiger partial charge >= 0.3 is 0 Å². The molecule has 2 rings (SSSR count). The maximum absolute atomic E-state index is 9.69. The van der Waals surface area contributed by atoms with Gasteiger partial charge in [0.25, 0.3) is 0 Å². The molecule has 0 aliphatic carbocycles. The second kappa shape index (κ2) is 6.04. The normalized spacial score (nSPS) is 10.3. The molecule has 0 aliphatic rings. The zero-order valence-corrected chi connectivity index (χ0v) is 11.8. The van der Waals surface area contributed by atoms with Crippen LogP contribution in [0.5, 0.6) is 11.5 Å². The van der Waals surface area contributed by atoms with E-state index in [2.05, 4.69) is 5.32 Å². The molecular formula is C14H13Cl2NO2. The van der Waals surface area contributed by atoms with E-state index in [0.29, 0.717) is 28.0 Å². The fourth-order valence-corrected chi connectivity index (χ4v) is 2.23. The first-order chi connectivity index (χ1) is 9.11. The van der Waals surface area contributed by atoms with Gasteiger partial charge in [-0.25, -0.2) is 0 Å². The first kappa shape index (κ1) is 13.8. The Morgan fingerprint density at radius 3 is 2.42 bits per heavy atom. The van der Waals surface area contributed by atoms with Crippen LogP contribution in [0.4, 0.5) is 5.69 Å². The minimum atomic E-state index is 0.104. The second-order valence-electron chi connectivity index (χ2n) is 3.96. The smallest absolute Gasteiger partial charge is 0.160 e. The molecule has 0 radical (unpaired) electrons. The third-order valence-corrected chi connectivity index (χ3v) is 3.31. The maximum atomic E-state index is 9.69. The van der Waals surface area contributed by atoms with Crippen molar-refractivity contribution in [1.82, 2.24) is 0 Å². The molecule has 0 spiro atoms. The Bertz CT molecular complexity index is 567. The number of rotatable bonds is 4. The lowest BCUT2D eigenvalue weighted by atomic mass is 10.2. The predicted molar refractivity (Wildman–Crippen MR) is 78.4 cm³/mol. The van der Waals surface area contributed by atoms with Crippen molar-refractivity contribution in [3.63, 3.8) is 0 Å². The number of benzene rings is 2. The largest absolute Gasteiger partial charge is 0.504 e. The van der Waals surface area contributed by atoms with Crippen molar-refractivity contribution < 1.29 is 9.84 Å². The van der Waals surface area contributed by atoms with Gasteiger partial charge in [-0.05, 0) is 29.8 Å². The van der Waals surface area contributed by atoms with Crippen LogP contribution in [0.25, 0.3) is 0 Å². The number of ether oxygens (including phenoxy) is 1. The number of halogens is 2. The summed E-state index contributed by atoms with van der Waals surface area (Å²) in [4.78, 5) is 0. The summed E-state index contributed by atoms with van der Waals surface area (Å²) in [6, 6.07) is 10.5. The highest BCUT2D eigenvalue weighted by Gasteiger charge is 2.06. The van der Waals surface area contributed by atoms with Gasteiger partial charge in [-0.1, -0.05) is 35.3 Å². The second-order valence-corrected chi connectivity index (χ2v) is 4.77. The third kappa shape index (κ3) is 3.25. The van der Waals surface area contributed by atoms with Gasteiger partial charge in [0, 0.05) is 6.54 Å². The van der Waals surface area contributed by atoms with Crippen molar-refractivity contribution in [2.75, 3.05) is 12.4 Å². The fourth-order valence-electron chi connectivity index (χ4n) is 1.70. The molecule has 2 N–H and O–H groups in total. The first-order valence-electron chi connectivity index (χ1n) is 5.65. The number of aromatic hydroxyl groups is 1. The molecule has 0 aromatic heterocycles.